The third-order valence-corrected chi connectivity index (χ3v) is 11.7. The Kier molecular flexibility index (Phi) is 10.8. The minimum absolute atomic E-state index is 0.0284. The average Bonchev–Trinajstić information content (AvgIpc) is 3.81. The van der Waals surface area contributed by atoms with E-state index >= 15 is 4.39 Å². The molecule has 9 rings (SSSR count). The van der Waals surface area contributed by atoms with Gasteiger partial charge in [-0.15, -0.1) is 6.42 Å². The molecule has 11 heteroatoms. The minimum Gasteiger partial charge on any atom is -0.461 e. The van der Waals surface area contributed by atoms with Crippen molar-refractivity contribution in [1.82, 2.24) is 29.8 Å². The van der Waals surface area contributed by atoms with Gasteiger partial charge >= 0.3 is 6.01 Å². The summed E-state index contributed by atoms with van der Waals surface area (Å²) in [6.45, 7) is 10.8. The Balaban J connectivity index is 0.000000183. The molecular weight excluding hydrogens is 757 g/mol. The van der Waals surface area contributed by atoms with Crippen molar-refractivity contribution >= 4 is 44.2 Å². The Morgan fingerprint density at radius 2 is 1.52 bits per heavy atom. The van der Waals surface area contributed by atoms with Crippen molar-refractivity contribution in [2.45, 2.75) is 70.8 Å². The molecule has 58 heavy (non-hydrogen) atoms. The van der Waals surface area contributed by atoms with Gasteiger partial charge in [0.2, 0.25) is 0 Å². The molecule has 0 radical (unpaired) electrons. The molecule has 0 bridgehead atoms. The van der Waals surface area contributed by atoms with Gasteiger partial charge in [-0.05, 0) is 74.2 Å². The number of hydrogen-bond donors (Lipinski definition) is 0. The Morgan fingerprint density at radius 1 is 0.810 bits per heavy atom. The second-order valence-corrected chi connectivity index (χ2v) is 16.0. The third kappa shape index (κ3) is 7.01. The Morgan fingerprint density at radius 3 is 2.22 bits per heavy atom. The van der Waals surface area contributed by atoms with E-state index in [4.69, 9.17) is 27.7 Å². The normalized spacial score (nSPS) is 14.9. The zero-order chi connectivity index (χ0) is 40.7. The maximum absolute atomic E-state index is 16.2. The van der Waals surface area contributed by atoms with Gasteiger partial charge in [-0.3, -0.25) is 9.88 Å². The second kappa shape index (κ2) is 16.0. The molecule has 0 saturated carbocycles. The van der Waals surface area contributed by atoms with E-state index in [1.807, 2.05) is 64.1 Å². The number of halogens is 4. The van der Waals surface area contributed by atoms with Crippen molar-refractivity contribution in [3.63, 3.8) is 0 Å². The lowest BCUT2D eigenvalue weighted by atomic mass is 9.95. The van der Waals surface area contributed by atoms with E-state index in [2.05, 4.69) is 30.8 Å². The van der Waals surface area contributed by atoms with E-state index in [9.17, 15) is 8.78 Å². The Hall–Kier alpha value is -5.63. The average molecular weight is 799 g/mol. The van der Waals surface area contributed by atoms with Crippen LogP contribution in [-0.4, -0.2) is 55.1 Å². The van der Waals surface area contributed by atoms with Gasteiger partial charge in [0.1, 0.15) is 35.5 Å². The summed E-state index contributed by atoms with van der Waals surface area (Å²) < 4.78 is 51.3. The molecule has 0 atom stereocenters. The SMILES string of the molecule is C#Cc1cccc2cccc(-c3ncc4c(C(C)C)nc(OCC56CCCN5CCC6)nc4c3F)c12.CC(C)c1ncnc2c(F)c(-c3ccccc3F)c(Cl)cc12. The molecule has 0 N–H and O–H groups in total. The van der Waals surface area contributed by atoms with E-state index < -0.39 is 17.5 Å². The minimum atomic E-state index is -0.628. The molecule has 7 nitrogen and oxygen atoms in total. The maximum atomic E-state index is 16.2. The molecular formula is C47H42ClF3N6O. The van der Waals surface area contributed by atoms with Gasteiger partial charge in [-0.1, -0.05) is 93.7 Å². The lowest BCUT2D eigenvalue weighted by Gasteiger charge is -2.31. The van der Waals surface area contributed by atoms with E-state index in [0.29, 0.717) is 34.2 Å². The van der Waals surface area contributed by atoms with Crippen LogP contribution in [0.1, 0.15) is 82.2 Å². The molecule has 2 aliphatic rings. The fourth-order valence-corrected chi connectivity index (χ4v) is 8.88. The van der Waals surface area contributed by atoms with Gasteiger partial charge in [0.25, 0.3) is 0 Å². The monoisotopic (exact) mass is 798 g/mol. The van der Waals surface area contributed by atoms with Crippen LogP contribution in [0.25, 0.3) is 55.0 Å². The number of nitrogens with zero attached hydrogens (tertiary/aromatic N) is 6. The highest BCUT2D eigenvalue weighted by Gasteiger charge is 2.45. The summed E-state index contributed by atoms with van der Waals surface area (Å²) in [6.07, 6.45) is 13.4. The fourth-order valence-electron chi connectivity index (χ4n) is 8.59. The van der Waals surface area contributed by atoms with Gasteiger partial charge in [-0.25, -0.2) is 23.1 Å². The van der Waals surface area contributed by atoms with Crippen molar-refractivity contribution in [1.29, 1.82) is 0 Å². The van der Waals surface area contributed by atoms with Crippen LogP contribution in [0.4, 0.5) is 13.2 Å². The number of hydrogen-bond acceptors (Lipinski definition) is 7. The highest BCUT2D eigenvalue weighted by molar-refractivity contribution is 6.34. The maximum Gasteiger partial charge on any atom is 0.317 e. The quantitative estimate of drug-likeness (QED) is 0.149. The van der Waals surface area contributed by atoms with Crippen LogP contribution < -0.4 is 4.74 Å². The van der Waals surface area contributed by atoms with Crippen molar-refractivity contribution in [2.24, 2.45) is 0 Å². The summed E-state index contributed by atoms with van der Waals surface area (Å²) in [7, 11) is 0. The molecule has 0 unspecified atom stereocenters. The summed E-state index contributed by atoms with van der Waals surface area (Å²) in [5.74, 6) is 1.25. The zero-order valence-electron chi connectivity index (χ0n) is 32.8. The number of aromatic nitrogens is 5. The smallest absolute Gasteiger partial charge is 0.317 e. The molecule has 2 fully saturated rings. The molecule has 4 aromatic carbocycles. The number of ether oxygens (including phenoxy) is 1. The lowest BCUT2D eigenvalue weighted by Crippen LogP contribution is -2.43. The van der Waals surface area contributed by atoms with Crippen molar-refractivity contribution in [3.05, 3.63) is 119 Å². The molecule has 0 aliphatic carbocycles. The van der Waals surface area contributed by atoms with E-state index in [-0.39, 0.29) is 56.3 Å². The van der Waals surface area contributed by atoms with Crippen LogP contribution in [0.2, 0.25) is 5.02 Å². The van der Waals surface area contributed by atoms with Gasteiger partial charge in [0.15, 0.2) is 11.6 Å². The van der Waals surface area contributed by atoms with Gasteiger partial charge in [0, 0.05) is 44.6 Å². The van der Waals surface area contributed by atoms with Crippen LogP contribution in [0, 0.1) is 29.8 Å². The van der Waals surface area contributed by atoms with Crippen molar-refractivity contribution < 1.29 is 17.9 Å². The van der Waals surface area contributed by atoms with E-state index in [1.165, 1.54) is 31.3 Å². The standard InChI is InChI=1S/C30H29FN4O.C17H13ClF2N2/c1-4-20-9-5-10-21-11-6-12-22(24(20)21)27-25(31)28-23(17-32-27)26(19(2)3)33-29(34-28)36-18-30-13-7-15-35(30)16-8-14-30;1-9(2)16-11-7-12(18)14(10-5-3-4-6-13(10)19)15(20)17(11)22-8-21-16/h1,5-6,9-12,17,19H,7-8,13-16,18H2,2-3H3;3-9H,1-2H3. The van der Waals surface area contributed by atoms with Gasteiger partial charge < -0.3 is 4.74 Å². The Bertz CT molecular complexity index is 2730. The van der Waals surface area contributed by atoms with Crippen LogP contribution in [0.15, 0.2) is 79.3 Å². The second-order valence-electron chi connectivity index (χ2n) is 15.6. The zero-order valence-corrected chi connectivity index (χ0v) is 33.5. The topological polar surface area (TPSA) is 76.9 Å². The molecule has 3 aromatic heterocycles. The molecule has 5 heterocycles. The lowest BCUT2D eigenvalue weighted by molar-refractivity contribution is 0.107. The number of pyridine rings is 1. The summed E-state index contributed by atoms with van der Waals surface area (Å²) in [6, 6.07) is 19.3. The number of terminal acetylenes is 1. The summed E-state index contributed by atoms with van der Waals surface area (Å²) >= 11 is 6.23. The molecule has 2 saturated heterocycles. The predicted octanol–water partition coefficient (Wildman–Crippen LogP) is 11.4. The fraction of sp³-hybridized carbons (Fsp3) is 0.298. The highest BCUT2D eigenvalue weighted by Crippen LogP contribution is 2.41. The number of rotatable bonds is 7. The van der Waals surface area contributed by atoms with Crippen LogP contribution in [0.3, 0.4) is 0 Å². The van der Waals surface area contributed by atoms with Crippen molar-refractivity contribution in [3.8, 4) is 40.7 Å². The first kappa shape index (κ1) is 39.2. The van der Waals surface area contributed by atoms with E-state index in [1.54, 1.807) is 24.4 Å². The molecule has 2 aliphatic heterocycles. The summed E-state index contributed by atoms with van der Waals surface area (Å²) in [5.41, 5.74) is 3.64. The summed E-state index contributed by atoms with van der Waals surface area (Å²) in [5, 5.41) is 3.06. The van der Waals surface area contributed by atoms with Crippen LogP contribution >= 0.6 is 11.6 Å². The predicted molar refractivity (Wildman–Crippen MR) is 225 cm³/mol. The molecule has 294 valence electrons. The highest BCUT2D eigenvalue weighted by atomic mass is 35.5. The Labute approximate surface area is 340 Å². The number of benzene rings is 4. The van der Waals surface area contributed by atoms with Gasteiger partial charge in [0.05, 0.1) is 21.9 Å². The number of fused-ring (bicyclic) bond motifs is 4. The summed E-state index contributed by atoms with van der Waals surface area (Å²) in [4.78, 5) is 24.6. The third-order valence-electron chi connectivity index (χ3n) is 11.4. The van der Waals surface area contributed by atoms with Crippen molar-refractivity contribution in [2.75, 3.05) is 19.7 Å². The van der Waals surface area contributed by atoms with Crippen LogP contribution in [-0.2, 0) is 0 Å². The molecule has 7 aromatic rings. The first-order valence-corrected chi connectivity index (χ1v) is 20.0. The molecule has 0 spiro atoms. The van der Waals surface area contributed by atoms with E-state index in [0.717, 1.165) is 42.4 Å². The first-order chi connectivity index (χ1) is 28.0. The first-order valence-electron chi connectivity index (χ1n) is 19.6. The molecule has 0 amide bonds. The van der Waals surface area contributed by atoms with Crippen LogP contribution in [0.5, 0.6) is 6.01 Å². The largest absolute Gasteiger partial charge is 0.461 e. The van der Waals surface area contributed by atoms with Gasteiger partial charge in [-0.2, -0.15) is 9.97 Å².